The molecule has 7 heteroatoms. The number of aliphatic imine (C=N–C) groups is 1. The smallest absolute Gasteiger partial charge is 0.221 e. The summed E-state index contributed by atoms with van der Waals surface area (Å²) in [7, 11) is 1.71. The fourth-order valence-electron chi connectivity index (χ4n) is 1.89. The fourth-order valence-corrected chi connectivity index (χ4v) is 2.10. The minimum atomic E-state index is 0. The van der Waals surface area contributed by atoms with Crippen molar-refractivity contribution in [3.63, 3.8) is 0 Å². The molecule has 0 aliphatic rings. The van der Waals surface area contributed by atoms with Crippen molar-refractivity contribution in [3.8, 4) is 0 Å². The number of nitrogens with one attached hydrogen (secondary N) is 3. The number of hydrogen-bond acceptors (Lipinski definition) is 2. The first-order valence-corrected chi connectivity index (χ1v) is 7.99. The Morgan fingerprint density at radius 3 is 2.57 bits per heavy atom. The van der Waals surface area contributed by atoms with Crippen molar-refractivity contribution in [1.29, 1.82) is 0 Å². The molecule has 0 atom stereocenters. The molecule has 0 aromatic heterocycles. The number of halogens is 2. The molecule has 130 valence electrons. The van der Waals surface area contributed by atoms with Crippen molar-refractivity contribution >= 4 is 47.4 Å². The number of rotatable bonds is 8. The molecular weight excluding hydrogens is 427 g/mol. The number of carbonyl (C=O) groups is 1. The summed E-state index contributed by atoms with van der Waals surface area (Å²) in [5.41, 5.74) is 1.18. The van der Waals surface area contributed by atoms with Gasteiger partial charge in [0.15, 0.2) is 5.96 Å². The number of amides is 1. The standard InChI is InChI=1S/C16H25ClN4O.HI/c1-3-9-19-15(22)8-11-21-16(18-2)20-10-7-13-5-4-6-14(17)12-13;/h4-6,12H,3,7-11H2,1-2H3,(H,19,22)(H2,18,20,21);1H. The summed E-state index contributed by atoms with van der Waals surface area (Å²) in [4.78, 5) is 15.6. The van der Waals surface area contributed by atoms with E-state index in [9.17, 15) is 4.79 Å². The normalized spacial score (nSPS) is 10.7. The minimum absolute atomic E-state index is 0. The lowest BCUT2D eigenvalue weighted by molar-refractivity contribution is -0.120. The lowest BCUT2D eigenvalue weighted by Crippen LogP contribution is -2.40. The third-order valence-electron chi connectivity index (χ3n) is 3.04. The van der Waals surface area contributed by atoms with Crippen LogP contribution in [0.15, 0.2) is 29.3 Å². The van der Waals surface area contributed by atoms with Gasteiger partial charge in [0, 0.05) is 38.1 Å². The molecule has 1 rings (SSSR count). The molecule has 0 saturated heterocycles. The molecule has 1 aromatic rings. The van der Waals surface area contributed by atoms with Gasteiger partial charge in [0.25, 0.3) is 0 Å². The molecule has 0 spiro atoms. The maximum absolute atomic E-state index is 11.5. The van der Waals surface area contributed by atoms with E-state index >= 15 is 0 Å². The Balaban J connectivity index is 0.00000484. The lowest BCUT2D eigenvalue weighted by atomic mass is 10.1. The second-order valence-electron chi connectivity index (χ2n) is 4.91. The average molecular weight is 453 g/mol. The maximum atomic E-state index is 11.5. The van der Waals surface area contributed by atoms with Crippen LogP contribution in [-0.4, -0.2) is 38.5 Å². The molecule has 0 saturated carbocycles. The van der Waals surface area contributed by atoms with Crippen molar-refractivity contribution in [3.05, 3.63) is 34.9 Å². The number of nitrogens with zero attached hydrogens (tertiary/aromatic N) is 1. The molecule has 0 fully saturated rings. The van der Waals surface area contributed by atoms with Gasteiger partial charge in [0.2, 0.25) is 5.91 Å². The lowest BCUT2D eigenvalue weighted by Gasteiger charge is -2.12. The summed E-state index contributed by atoms with van der Waals surface area (Å²) < 4.78 is 0. The van der Waals surface area contributed by atoms with Crippen LogP contribution in [0, 0.1) is 0 Å². The molecular formula is C16H26ClIN4O. The highest BCUT2D eigenvalue weighted by atomic mass is 127. The van der Waals surface area contributed by atoms with Gasteiger partial charge in [-0.2, -0.15) is 0 Å². The fraction of sp³-hybridized carbons (Fsp3) is 0.500. The largest absolute Gasteiger partial charge is 0.356 e. The van der Waals surface area contributed by atoms with Gasteiger partial charge in [-0.05, 0) is 30.5 Å². The molecule has 3 N–H and O–H groups in total. The van der Waals surface area contributed by atoms with Crippen LogP contribution >= 0.6 is 35.6 Å². The van der Waals surface area contributed by atoms with E-state index in [1.165, 1.54) is 5.56 Å². The molecule has 1 amide bonds. The Bertz CT molecular complexity index is 497. The van der Waals surface area contributed by atoms with Gasteiger partial charge in [-0.1, -0.05) is 30.7 Å². The van der Waals surface area contributed by atoms with E-state index in [0.29, 0.717) is 18.9 Å². The van der Waals surface area contributed by atoms with Crippen molar-refractivity contribution in [2.45, 2.75) is 26.2 Å². The van der Waals surface area contributed by atoms with Gasteiger partial charge in [-0.3, -0.25) is 9.79 Å². The summed E-state index contributed by atoms with van der Waals surface area (Å²) in [5, 5.41) is 9.94. The zero-order valence-electron chi connectivity index (χ0n) is 13.7. The number of carbonyl (C=O) groups excluding carboxylic acids is 1. The van der Waals surface area contributed by atoms with Crippen molar-refractivity contribution in [2.75, 3.05) is 26.7 Å². The van der Waals surface area contributed by atoms with Gasteiger partial charge in [-0.15, -0.1) is 24.0 Å². The summed E-state index contributed by atoms with van der Waals surface area (Å²) in [5.74, 6) is 0.758. The molecule has 0 heterocycles. The number of benzene rings is 1. The monoisotopic (exact) mass is 452 g/mol. The second kappa shape index (κ2) is 13.4. The Morgan fingerprint density at radius 1 is 1.17 bits per heavy atom. The van der Waals surface area contributed by atoms with Gasteiger partial charge in [-0.25, -0.2) is 0 Å². The van der Waals surface area contributed by atoms with Crippen LogP contribution < -0.4 is 16.0 Å². The minimum Gasteiger partial charge on any atom is -0.356 e. The van der Waals surface area contributed by atoms with Crippen LogP contribution in [0.5, 0.6) is 0 Å². The van der Waals surface area contributed by atoms with Gasteiger partial charge in [0.05, 0.1) is 0 Å². The second-order valence-corrected chi connectivity index (χ2v) is 5.34. The van der Waals surface area contributed by atoms with Crippen molar-refractivity contribution in [2.24, 2.45) is 4.99 Å². The van der Waals surface area contributed by atoms with Gasteiger partial charge < -0.3 is 16.0 Å². The molecule has 0 radical (unpaired) electrons. The van der Waals surface area contributed by atoms with E-state index in [2.05, 4.69) is 20.9 Å². The molecule has 0 aliphatic heterocycles. The number of hydrogen-bond donors (Lipinski definition) is 3. The highest BCUT2D eigenvalue weighted by molar-refractivity contribution is 14.0. The van der Waals surface area contributed by atoms with Crippen LogP contribution in [0.25, 0.3) is 0 Å². The molecule has 5 nitrogen and oxygen atoms in total. The van der Waals surface area contributed by atoms with Gasteiger partial charge >= 0.3 is 0 Å². The average Bonchev–Trinajstić information content (AvgIpc) is 2.51. The first-order valence-electron chi connectivity index (χ1n) is 7.61. The predicted octanol–water partition coefficient (Wildman–Crippen LogP) is 2.58. The van der Waals surface area contributed by atoms with Crippen LogP contribution in [0.1, 0.15) is 25.3 Å². The Labute approximate surface area is 160 Å². The Kier molecular flexibility index (Phi) is 12.8. The van der Waals surface area contributed by atoms with E-state index < -0.39 is 0 Å². The van der Waals surface area contributed by atoms with Crippen LogP contribution in [0.2, 0.25) is 5.02 Å². The highest BCUT2D eigenvalue weighted by Crippen LogP contribution is 2.10. The van der Waals surface area contributed by atoms with Crippen LogP contribution in [-0.2, 0) is 11.2 Å². The molecule has 23 heavy (non-hydrogen) atoms. The Morgan fingerprint density at radius 2 is 1.91 bits per heavy atom. The molecule has 0 bridgehead atoms. The first-order chi connectivity index (χ1) is 10.7. The summed E-state index contributed by atoms with van der Waals surface area (Å²) in [6, 6.07) is 7.81. The highest BCUT2D eigenvalue weighted by Gasteiger charge is 2.02. The topological polar surface area (TPSA) is 65.5 Å². The number of guanidine groups is 1. The SMILES string of the molecule is CCCNC(=O)CCNC(=NC)NCCc1cccc(Cl)c1.I. The van der Waals surface area contributed by atoms with Gasteiger partial charge in [0.1, 0.15) is 0 Å². The van der Waals surface area contributed by atoms with Crippen LogP contribution in [0.3, 0.4) is 0 Å². The predicted molar refractivity (Wildman–Crippen MR) is 108 cm³/mol. The molecule has 0 aliphatic carbocycles. The van der Waals surface area contributed by atoms with E-state index in [1.54, 1.807) is 7.05 Å². The third-order valence-corrected chi connectivity index (χ3v) is 3.27. The molecule has 0 unspecified atom stereocenters. The summed E-state index contributed by atoms with van der Waals surface area (Å²) in [6.07, 6.45) is 2.25. The van der Waals surface area contributed by atoms with Crippen molar-refractivity contribution in [1.82, 2.24) is 16.0 Å². The third kappa shape index (κ3) is 10.4. The summed E-state index contributed by atoms with van der Waals surface area (Å²) >= 11 is 5.95. The maximum Gasteiger partial charge on any atom is 0.221 e. The van der Waals surface area contributed by atoms with E-state index in [1.807, 2.05) is 31.2 Å². The first kappa shape index (κ1) is 22.0. The van der Waals surface area contributed by atoms with E-state index in [0.717, 1.165) is 31.0 Å². The Hall–Kier alpha value is -1.02. The molecule has 1 aromatic carbocycles. The van der Waals surface area contributed by atoms with Crippen LogP contribution in [0.4, 0.5) is 0 Å². The van der Waals surface area contributed by atoms with E-state index in [-0.39, 0.29) is 29.9 Å². The zero-order chi connectivity index (χ0) is 16.2. The summed E-state index contributed by atoms with van der Waals surface area (Å²) in [6.45, 7) is 4.07. The van der Waals surface area contributed by atoms with E-state index in [4.69, 9.17) is 11.6 Å². The quantitative estimate of drug-likeness (QED) is 0.323. The zero-order valence-corrected chi connectivity index (χ0v) is 16.8. The van der Waals surface area contributed by atoms with Crippen molar-refractivity contribution < 1.29 is 4.79 Å².